The molecule has 0 saturated carbocycles. The summed E-state index contributed by atoms with van der Waals surface area (Å²) in [5.41, 5.74) is 5.15. The normalized spacial score (nSPS) is 15.0. The first-order valence-electron chi connectivity index (χ1n) is 9.09. The second kappa shape index (κ2) is 10.8. The molecular formula is C22H24KN5O. The number of carbonyl (C=O) groups excluding carboxylic acids is 1. The average molecular weight is 414 g/mol. The van der Waals surface area contributed by atoms with Crippen LogP contribution in [0.1, 0.15) is 40.1 Å². The largest absolute Gasteiger partial charge is 1.00 e. The Bertz CT molecular complexity index is 981. The minimum atomic E-state index is -0.173. The topological polar surface area (TPSA) is 69.4 Å². The van der Waals surface area contributed by atoms with Crippen LogP contribution in [0.5, 0.6) is 0 Å². The molecule has 29 heavy (non-hydrogen) atoms. The Kier molecular flexibility index (Phi) is 8.79. The zero-order valence-electron chi connectivity index (χ0n) is 17.5. The third-order valence-electron chi connectivity index (χ3n) is 4.50. The van der Waals surface area contributed by atoms with Gasteiger partial charge < -0.3 is 26.4 Å². The molecule has 0 spiro atoms. The summed E-state index contributed by atoms with van der Waals surface area (Å²) >= 11 is 0. The maximum Gasteiger partial charge on any atom is 1.00 e. The van der Waals surface area contributed by atoms with E-state index >= 15 is 0 Å². The van der Waals surface area contributed by atoms with E-state index in [9.17, 15) is 4.79 Å². The molecule has 6 nitrogen and oxygen atoms in total. The van der Waals surface area contributed by atoms with Gasteiger partial charge in [-0.2, -0.15) is 0 Å². The SMILES string of the molecule is Cc1cc(C(=O)Nc2cccc(C(C)N[C-]=CN=C3C=[N+](C)[CH-]3)c2)cnc1C.[K+]. The van der Waals surface area contributed by atoms with E-state index in [1.807, 2.05) is 75.5 Å². The van der Waals surface area contributed by atoms with Crippen molar-refractivity contribution in [1.82, 2.24) is 10.3 Å². The van der Waals surface area contributed by atoms with Crippen LogP contribution < -0.4 is 62.0 Å². The van der Waals surface area contributed by atoms with Gasteiger partial charge in [-0.15, -0.1) is 6.20 Å². The van der Waals surface area contributed by atoms with E-state index in [4.69, 9.17) is 0 Å². The summed E-state index contributed by atoms with van der Waals surface area (Å²) in [6, 6.07) is 9.60. The Morgan fingerprint density at radius 3 is 2.79 bits per heavy atom. The van der Waals surface area contributed by atoms with Crippen molar-refractivity contribution < 1.29 is 60.8 Å². The van der Waals surface area contributed by atoms with Crippen molar-refractivity contribution in [2.45, 2.75) is 26.8 Å². The van der Waals surface area contributed by atoms with E-state index in [1.165, 1.54) is 0 Å². The second-order valence-corrected chi connectivity index (χ2v) is 6.82. The van der Waals surface area contributed by atoms with Crippen molar-refractivity contribution in [3.05, 3.63) is 77.9 Å². The average Bonchev–Trinajstić information content (AvgIpc) is 2.65. The third kappa shape index (κ3) is 6.62. The van der Waals surface area contributed by atoms with Crippen LogP contribution >= 0.6 is 0 Å². The number of nitrogens with zero attached hydrogens (tertiary/aromatic N) is 3. The smallest absolute Gasteiger partial charge is 0.560 e. The van der Waals surface area contributed by atoms with E-state index in [0.717, 1.165) is 28.2 Å². The van der Waals surface area contributed by atoms with Crippen LogP contribution in [-0.2, 0) is 0 Å². The molecule has 2 heterocycles. The molecule has 2 N–H and O–H groups in total. The first-order valence-corrected chi connectivity index (χ1v) is 9.09. The fraction of sp³-hybridized carbons (Fsp3) is 0.227. The van der Waals surface area contributed by atoms with E-state index in [0.29, 0.717) is 5.56 Å². The van der Waals surface area contributed by atoms with Crippen molar-refractivity contribution in [2.75, 3.05) is 12.4 Å². The number of hydrogen-bond acceptors (Lipinski definition) is 4. The van der Waals surface area contributed by atoms with E-state index in [-0.39, 0.29) is 63.3 Å². The molecule has 1 aliphatic rings. The quantitative estimate of drug-likeness (QED) is 0.308. The van der Waals surface area contributed by atoms with Crippen LogP contribution in [0, 0.1) is 26.6 Å². The van der Waals surface area contributed by atoms with Gasteiger partial charge in [-0.05, 0) is 50.1 Å². The van der Waals surface area contributed by atoms with Crippen LogP contribution in [0.4, 0.5) is 5.69 Å². The van der Waals surface area contributed by atoms with E-state index < -0.39 is 0 Å². The number of pyridine rings is 1. The van der Waals surface area contributed by atoms with Crippen LogP contribution in [-0.4, -0.2) is 34.4 Å². The monoisotopic (exact) mass is 413 g/mol. The molecule has 0 bridgehead atoms. The molecule has 0 aliphatic carbocycles. The number of benzene rings is 1. The number of aromatic nitrogens is 1. The molecule has 2 aromatic rings. The Balaban J connectivity index is 0.00000300. The van der Waals surface area contributed by atoms with Gasteiger partial charge in [-0.3, -0.25) is 9.78 Å². The number of amides is 1. The van der Waals surface area contributed by atoms with Gasteiger partial charge in [0.1, 0.15) is 7.05 Å². The molecule has 1 aromatic heterocycles. The molecule has 7 heteroatoms. The Morgan fingerprint density at radius 2 is 2.10 bits per heavy atom. The molecule has 1 aromatic carbocycles. The summed E-state index contributed by atoms with van der Waals surface area (Å²) in [6.07, 6.45) is 8.12. The molecule has 3 rings (SSSR count). The standard InChI is InChI=1S/C22H24N5O.K/c1-15-10-19(12-25-16(15)2)22(28)26-20-7-5-6-18(11-20)17(3)23-8-9-24-21-13-27(4)14-21;/h5-7,9-14,17,23H,1-4H3,(H,26,28);/q-1;+1. The first kappa shape index (κ1) is 23.5. The minimum Gasteiger partial charge on any atom is -0.560 e. The molecule has 0 radical (unpaired) electrons. The van der Waals surface area contributed by atoms with Gasteiger partial charge in [0.05, 0.1) is 24.0 Å². The first-order chi connectivity index (χ1) is 13.4. The minimum absolute atomic E-state index is 0. The van der Waals surface area contributed by atoms with E-state index in [2.05, 4.69) is 26.8 Å². The predicted octanol–water partition coefficient (Wildman–Crippen LogP) is 0.209. The van der Waals surface area contributed by atoms with Gasteiger partial charge in [0.25, 0.3) is 5.91 Å². The molecule has 1 unspecified atom stereocenters. The fourth-order valence-corrected chi connectivity index (χ4v) is 2.68. The number of carbonyl (C=O) groups is 1. The summed E-state index contributed by atoms with van der Waals surface area (Å²) in [7, 11) is 1.95. The van der Waals surface area contributed by atoms with Gasteiger partial charge >= 0.3 is 51.4 Å². The number of nitrogens with one attached hydrogen (secondary N) is 2. The predicted molar refractivity (Wildman–Crippen MR) is 111 cm³/mol. The Morgan fingerprint density at radius 1 is 1.34 bits per heavy atom. The van der Waals surface area contributed by atoms with Crippen LogP contribution in [0.3, 0.4) is 0 Å². The maximum absolute atomic E-state index is 12.5. The third-order valence-corrected chi connectivity index (χ3v) is 4.50. The van der Waals surface area contributed by atoms with Gasteiger partial charge in [-0.1, -0.05) is 12.1 Å². The van der Waals surface area contributed by atoms with Crippen molar-refractivity contribution in [3.63, 3.8) is 0 Å². The summed E-state index contributed by atoms with van der Waals surface area (Å²) in [5, 5.41) is 6.09. The molecule has 1 amide bonds. The zero-order chi connectivity index (χ0) is 20.1. The van der Waals surface area contributed by atoms with Crippen LogP contribution in [0.25, 0.3) is 0 Å². The summed E-state index contributed by atoms with van der Waals surface area (Å²) < 4.78 is 1.94. The second-order valence-electron chi connectivity index (χ2n) is 6.82. The maximum atomic E-state index is 12.5. The number of hydrogen-bond donors (Lipinski definition) is 2. The van der Waals surface area contributed by atoms with Crippen molar-refractivity contribution in [3.8, 4) is 0 Å². The van der Waals surface area contributed by atoms with Gasteiger partial charge in [0, 0.05) is 23.6 Å². The number of aryl methyl sites for hydroxylation is 2. The van der Waals surface area contributed by atoms with Gasteiger partial charge in [-0.25, -0.2) is 0 Å². The number of anilines is 1. The molecule has 144 valence electrons. The summed E-state index contributed by atoms with van der Waals surface area (Å²) in [4.78, 5) is 21.0. The molecule has 0 fully saturated rings. The molecule has 1 atom stereocenters. The van der Waals surface area contributed by atoms with Crippen LogP contribution in [0.2, 0.25) is 0 Å². The summed E-state index contributed by atoms with van der Waals surface area (Å²) in [5.74, 6) is -0.173. The van der Waals surface area contributed by atoms with Crippen molar-refractivity contribution in [2.24, 2.45) is 4.99 Å². The van der Waals surface area contributed by atoms with Crippen molar-refractivity contribution >= 4 is 23.5 Å². The zero-order valence-corrected chi connectivity index (χ0v) is 20.6. The Labute approximate surface area is 214 Å². The van der Waals surface area contributed by atoms with E-state index in [1.54, 1.807) is 12.4 Å². The fourth-order valence-electron chi connectivity index (χ4n) is 2.68. The molecular weight excluding hydrogens is 389 g/mol. The summed E-state index contributed by atoms with van der Waals surface area (Å²) in [6.45, 7) is 7.82. The van der Waals surface area contributed by atoms with Gasteiger partial charge in [0.15, 0.2) is 0 Å². The van der Waals surface area contributed by atoms with Crippen LogP contribution in [0.15, 0.2) is 47.7 Å². The molecule has 0 saturated heterocycles. The Hall–Kier alpha value is -1.77. The van der Waals surface area contributed by atoms with Crippen molar-refractivity contribution in [1.29, 1.82) is 0 Å². The number of aliphatic imine (C=N–C) groups is 1. The number of rotatable bonds is 6. The molecule has 1 aliphatic heterocycles. The van der Waals surface area contributed by atoms with Gasteiger partial charge in [0.2, 0.25) is 0 Å².